The zero-order valence-electron chi connectivity index (χ0n) is 26.9. The molecule has 3 aromatic rings. The summed E-state index contributed by atoms with van der Waals surface area (Å²) in [5.41, 5.74) is 0.282. The number of carbonyl (C=O) groups excluding carboxylic acids is 4. The molecule has 3 N–H and O–H groups in total. The predicted molar refractivity (Wildman–Crippen MR) is 181 cm³/mol. The van der Waals surface area contributed by atoms with Crippen LogP contribution in [0, 0.1) is 12.8 Å². The van der Waals surface area contributed by atoms with Crippen LogP contribution in [0.5, 0.6) is 0 Å². The van der Waals surface area contributed by atoms with E-state index in [9.17, 15) is 24.0 Å². The van der Waals surface area contributed by atoms with Crippen molar-refractivity contribution in [1.29, 1.82) is 0 Å². The van der Waals surface area contributed by atoms with Crippen LogP contribution in [0.15, 0.2) is 64.0 Å². The van der Waals surface area contributed by atoms with E-state index in [-0.39, 0.29) is 46.6 Å². The molecule has 2 heterocycles. The zero-order chi connectivity index (χ0) is 33.8. The lowest BCUT2D eigenvalue weighted by Gasteiger charge is -2.51. The van der Waals surface area contributed by atoms with Crippen LogP contribution in [0.4, 0.5) is 5.69 Å². The molecule has 250 valence electrons. The maximum absolute atomic E-state index is 13.5. The van der Waals surface area contributed by atoms with E-state index in [0.717, 1.165) is 43.9 Å². The number of esters is 1. The van der Waals surface area contributed by atoms with E-state index in [1.807, 2.05) is 12.1 Å². The number of benzene rings is 1. The van der Waals surface area contributed by atoms with Crippen molar-refractivity contribution in [2.24, 2.45) is 5.92 Å². The number of anilines is 1. The van der Waals surface area contributed by atoms with E-state index in [1.165, 1.54) is 36.1 Å². The smallest absolute Gasteiger partial charge is 0.330 e. The van der Waals surface area contributed by atoms with Crippen LogP contribution >= 0.6 is 15.9 Å². The Morgan fingerprint density at radius 1 is 1.17 bits per heavy atom. The quantitative estimate of drug-likeness (QED) is 0.142. The first-order chi connectivity index (χ1) is 22.4. The molecule has 0 aliphatic heterocycles. The molecule has 2 bridgehead atoms. The fourth-order valence-electron chi connectivity index (χ4n) is 7.22. The molecule has 2 aliphatic carbocycles. The summed E-state index contributed by atoms with van der Waals surface area (Å²) >= 11 is 3.86. The van der Waals surface area contributed by atoms with E-state index in [0.29, 0.717) is 17.1 Å². The van der Waals surface area contributed by atoms with Crippen molar-refractivity contribution in [3.63, 3.8) is 0 Å². The van der Waals surface area contributed by atoms with Crippen LogP contribution in [0.3, 0.4) is 0 Å². The number of rotatable bonds is 11. The Labute approximate surface area is 281 Å². The maximum Gasteiger partial charge on any atom is 0.330 e. The van der Waals surface area contributed by atoms with Crippen LogP contribution < -0.4 is 21.5 Å². The minimum atomic E-state index is -1.09. The Kier molecular flexibility index (Phi) is 10.4. The number of amides is 3. The van der Waals surface area contributed by atoms with Gasteiger partial charge in [-0.25, -0.2) is 4.79 Å². The van der Waals surface area contributed by atoms with Gasteiger partial charge in [0.15, 0.2) is 5.76 Å². The Bertz CT molecular complexity index is 1760. The van der Waals surface area contributed by atoms with Gasteiger partial charge in [0.05, 0.1) is 7.11 Å². The number of furan rings is 1. The highest BCUT2D eigenvalue weighted by Crippen LogP contribution is 2.50. The molecule has 12 heteroatoms. The van der Waals surface area contributed by atoms with Gasteiger partial charge >= 0.3 is 5.97 Å². The molecular weight excluding hydrogens is 668 g/mol. The molecule has 47 heavy (non-hydrogen) atoms. The van der Waals surface area contributed by atoms with Crippen LogP contribution in [0.2, 0.25) is 0 Å². The third-order valence-corrected chi connectivity index (χ3v) is 9.72. The molecule has 4 atom stereocenters. The molecule has 2 aliphatic rings. The monoisotopic (exact) mass is 708 g/mol. The van der Waals surface area contributed by atoms with Gasteiger partial charge in [0.25, 0.3) is 11.5 Å². The fraction of sp³-hybridized carbons (Fsp3) is 0.457. The Hall–Kier alpha value is -4.19. The van der Waals surface area contributed by atoms with Crippen molar-refractivity contribution in [3.8, 4) is 0 Å². The minimum absolute atomic E-state index is 0.0313. The Morgan fingerprint density at radius 2 is 1.96 bits per heavy atom. The lowest BCUT2D eigenvalue weighted by atomic mass is 9.64. The van der Waals surface area contributed by atoms with Crippen molar-refractivity contribution in [3.05, 3.63) is 76.4 Å². The number of alkyl halides is 1. The van der Waals surface area contributed by atoms with E-state index < -0.39 is 29.4 Å². The fourth-order valence-corrected chi connectivity index (χ4v) is 8.21. The summed E-state index contributed by atoms with van der Waals surface area (Å²) in [6, 6.07) is 9.18. The van der Waals surface area contributed by atoms with E-state index in [1.54, 1.807) is 25.1 Å². The number of allylic oxidation sites excluding steroid dienone is 1. The number of para-hydroxylation sites is 1. The SMILES string of the molecule is COC(=O)/C=C/CCC(NC(=O)c1oc2ccccc2c1C)C(=O)Nc1cccn(CC(=O)NC23CCCC(CC(C)(Br)C2)C3)c1=O. The van der Waals surface area contributed by atoms with Gasteiger partial charge < -0.3 is 29.7 Å². The average molecular weight is 710 g/mol. The molecule has 2 saturated carbocycles. The summed E-state index contributed by atoms with van der Waals surface area (Å²) in [7, 11) is 1.26. The summed E-state index contributed by atoms with van der Waals surface area (Å²) in [6.07, 6.45) is 10.6. The molecular formula is C35H41BrN4O7. The average Bonchev–Trinajstić information content (AvgIpc) is 3.35. The third-order valence-electron chi connectivity index (χ3n) is 9.11. The van der Waals surface area contributed by atoms with Gasteiger partial charge in [-0.05, 0) is 76.5 Å². The van der Waals surface area contributed by atoms with Gasteiger partial charge in [-0.3, -0.25) is 19.2 Å². The van der Waals surface area contributed by atoms with Gasteiger partial charge in [0, 0.05) is 33.1 Å². The number of aryl methyl sites for hydroxylation is 1. The van der Waals surface area contributed by atoms with Gasteiger partial charge in [-0.1, -0.05) is 53.0 Å². The third kappa shape index (κ3) is 8.22. The molecule has 4 unspecified atom stereocenters. The largest absolute Gasteiger partial charge is 0.466 e. The molecule has 2 aromatic heterocycles. The maximum atomic E-state index is 13.5. The van der Waals surface area contributed by atoms with Crippen LogP contribution in [-0.2, 0) is 25.7 Å². The summed E-state index contributed by atoms with van der Waals surface area (Å²) in [6.45, 7) is 3.74. The number of hydrogen-bond acceptors (Lipinski definition) is 7. The standard InChI is InChI=1S/C35H41BrN4O7/c1-22-24-11-4-6-14-27(24)47-30(22)32(44)37-25(12-5-7-15-29(42)46-3)31(43)38-26-13-9-17-40(33(26)45)20-28(41)39-35-16-8-10-23(19-35)18-34(2,36)21-35/h4,6-7,9,11,13-15,17,23,25H,5,8,10,12,16,18-21H2,1-3H3,(H,37,44)(H,38,43)(H,39,41)/b15-7+. The number of ether oxygens (including phenoxy) is 1. The van der Waals surface area contributed by atoms with E-state index in [2.05, 4.69) is 43.5 Å². The lowest BCUT2D eigenvalue weighted by molar-refractivity contribution is -0.134. The molecule has 1 aromatic carbocycles. The number of halogens is 1. The van der Waals surface area contributed by atoms with Crippen molar-refractivity contribution in [2.45, 2.75) is 87.7 Å². The van der Waals surface area contributed by atoms with Crippen molar-refractivity contribution < 1.29 is 28.3 Å². The Balaban J connectivity index is 1.29. The van der Waals surface area contributed by atoms with Gasteiger partial charge in [0.2, 0.25) is 11.8 Å². The molecule has 0 spiro atoms. The van der Waals surface area contributed by atoms with E-state index >= 15 is 0 Å². The second-order valence-corrected chi connectivity index (χ2v) is 14.9. The molecule has 0 saturated heterocycles. The lowest BCUT2D eigenvalue weighted by Crippen LogP contribution is -2.58. The number of aromatic nitrogens is 1. The highest BCUT2D eigenvalue weighted by molar-refractivity contribution is 9.10. The summed E-state index contributed by atoms with van der Waals surface area (Å²) in [4.78, 5) is 65.1. The molecule has 3 amide bonds. The summed E-state index contributed by atoms with van der Waals surface area (Å²) in [5, 5.41) is 9.39. The Morgan fingerprint density at radius 3 is 2.72 bits per heavy atom. The number of pyridine rings is 1. The first kappa shape index (κ1) is 34.2. The van der Waals surface area contributed by atoms with E-state index in [4.69, 9.17) is 4.42 Å². The molecule has 5 rings (SSSR count). The summed E-state index contributed by atoms with van der Waals surface area (Å²) in [5.74, 6) is -1.42. The number of fused-ring (bicyclic) bond motifs is 3. The topological polar surface area (TPSA) is 149 Å². The van der Waals surface area contributed by atoms with Crippen LogP contribution in [-0.4, -0.2) is 51.3 Å². The molecule has 0 radical (unpaired) electrons. The second kappa shape index (κ2) is 14.3. The normalized spacial score (nSPS) is 22.9. The van der Waals surface area contributed by atoms with Gasteiger partial charge in [-0.15, -0.1) is 0 Å². The number of nitrogens with one attached hydrogen (secondary N) is 3. The van der Waals surface area contributed by atoms with Crippen LogP contribution in [0.1, 0.15) is 74.4 Å². The first-order valence-electron chi connectivity index (χ1n) is 15.9. The predicted octanol–water partition coefficient (Wildman–Crippen LogP) is 5.14. The number of methoxy groups -OCH3 is 1. The molecule has 2 fully saturated rings. The zero-order valence-corrected chi connectivity index (χ0v) is 28.5. The summed E-state index contributed by atoms with van der Waals surface area (Å²) < 4.78 is 11.6. The highest BCUT2D eigenvalue weighted by Gasteiger charge is 2.47. The van der Waals surface area contributed by atoms with Crippen molar-refractivity contribution >= 4 is 56.3 Å². The number of carbonyl (C=O) groups is 4. The van der Waals surface area contributed by atoms with Crippen molar-refractivity contribution in [2.75, 3.05) is 12.4 Å². The number of hydrogen-bond donors (Lipinski definition) is 3. The highest BCUT2D eigenvalue weighted by atomic mass is 79.9. The van der Waals surface area contributed by atoms with Gasteiger partial charge in [0.1, 0.15) is 23.9 Å². The first-order valence-corrected chi connectivity index (χ1v) is 16.7. The van der Waals surface area contributed by atoms with Crippen molar-refractivity contribution in [1.82, 2.24) is 15.2 Å². The minimum Gasteiger partial charge on any atom is -0.466 e. The molecule has 11 nitrogen and oxygen atoms in total. The number of nitrogens with zero attached hydrogens (tertiary/aromatic N) is 1. The second-order valence-electron chi connectivity index (χ2n) is 13.0. The van der Waals surface area contributed by atoms with Gasteiger partial charge in [-0.2, -0.15) is 0 Å². The van der Waals surface area contributed by atoms with Crippen LogP contribution in [0.25, 0.3) is 11.0 Å².